The smallest absolute Gasteiger partial charge is 0.155 e. The Balaban J connectivity index is 2.00. The Labute approximate surface area is 133 Å². The topological polar surface area (TPSA) is 45.2 Å². The Kier molecular flexibility index (Phi) is 3.37. The van der Waals surface area contributed by atoms with E-state index < -0.39 is 0 Å². The van der Waals surface area contributed by atoms with E-state index in [-0.39, 0.29) is 23.2 Å². The zero-order chi connectivity index (χ0) is 16.3. The Morgan fingerprint density at radius 2 is 1.95 bits per heavy atom. The SMILES string of the molecule is CC(C)(C)C(=O)C1CC2c3ccncc3NC2N1C(C)(C)C. The van der Waals surface area contributed by atoms with Crippen molar-refractivity contribution in [3.63, 3.8) is 0 Å². The molecule has 3 unspecified atom stereocenters. The Hall–Kier alpha value is -1.42. The molecule has 4 heteroatoms. The largest absolute Gasteiger partial charge is 0.368 e. The van der Waals surface area contributed by atoms with Crippen molar-refractivity contribution in [3.05, 3.63) is 24.0 Å². The number of pyridine rings is 1. The molecule has 0 aliphatic carbocycles. The van der Waals surface area contributed by atoms with Crippen molar-refractivity contribution >= 4 is 11.5 Å². The van der Waals surface area contributed by atoms with Crippen LogP contribution in [-0.2, 0) is 4.79 Å². The van der Waals surface area contributed by atoms with E-state index in [0.717, 1.165) is 12.1 Å². The molecule has 22 heavy (non-hydrogen) atoms. The fraction of sp³-hybridized carbons (Fsp3) is 0.667. The number of aromatic nitrogens is 1. The fourth-order valence-corrected chi connectivity index (χ4v) is 3.96. The van der Waals surface area contributed by atoms with E-state index in [1.807, 2.05) is 33.2 Å². The van der Waals surface area contributed by atoms with Crippen LogP contribution in [0.5, 0.6) is 0 Å². The van der Waals surface area contributed by atoms with Crippen LogP contribution in [0.3, 0.4) is 0 Å². The van der Waals surface area contributed by atoms with Gasteiger partial charge in [-0.3, -0.25) is 14.7 Å². The Bertz CT molecular complexity index is 597. The van der Waals surface area contributed by atoms with Crippen molar-refractivity contribution in [2.45, 2.75) is 71.6 Å². The Morgan fingerprint density at radius 1 is 1.27 bits per heavy atom. The third-order valence-corrected chi connectivity index (χ3v) is 4.87. The number of carbonyl (C=O) groups is 1. The summed E-state index contributed by atoms with van der Waals surface area (Å²) in [6.45, 7) is 12.7. The van der Waals surface area contributed by atoms with Gasteiger partial charge in [0, 0.05) is 23.1 Å². The van der Waals surface area contributed by atoms with E-state index in [0.29, 0.717) is 11.7 Å². The van der Waals surface area contributed by atoms with Gasteiger partial charge < -0.3 is 5.32 Å². The molecule has 0 radical (unpaired) electrons. The molecule has 2 aliphatic heterocycles. The van der Waals surface area contributed by atoms with Crippen molar-refractivity contribution in [2.75, 3.05) is 5.32 Å². The zero-order valence-electron chi connectivity index (χ0n) is 14.5. The number of carbonyl (C=O) groups excluding carboxylic acids is 1. The number of hydrogen-bond acceptors (Lipinski definition) is 4. The van der Waals surface area contributed by atoms with Gasteiger partial charge in [0.25, 0.3) is 0 Å². The highest BCUT2D eigenvalue weighted by Gasteiger charge is 2.53. The van der Waals surface area contributed by atoms with E-state index in [4.69, 9.17) is 0 Å². The molecule has 3 heterocycles. The van der Waals surface area contributed by atoms with E-state index in [2.05, 4.69) is 42.0 Å². The highest BCUT2D eigenvalue weighted by atomic mass is 16.1. The second-order valence-electron chi connectivity index (χ2n) is 8.60. The number of anilines is 1. The highest BCUT2D eigenvalue weighted by Crippen LogP contribution is 2.49. The monoisotopic (exact) mass is 301 g/mol. The summed E-state index contributed by atoms with van der Waals surface area (Å²) in [6.07, 6.45) is 4.83. The molecule has 1 aromatic rings. The van der Waals surface area contributed by atoms with Crippen molar-refractivity contribution < 1.29 is 4.79 Å². The van der Waals surface area contributed by atoms with Gasteiger partial charge >= 0.3 is 0 Å². The molecule has 1 aromatic heterocycles. The molecule has 120 valence electrons. The average Bonchev–Trinajstić information content (AvgIpc) is 2.90. The molecule has 4 nitrogen and oxygen atoms in total. The van der Waals surface area contributed by atoms with Crippen LogP contribution in [0.25, 0.3) is 0 Å². The standard InChI is InChI=1S/C18H27N3O/c1-17(2,3)15(22)14-9-12-11-7-8-19-10-13(11)20-16(12)21(14)18(4,5)6/h7-8,10,12,14,16,20H,9H2,1-6H3. The summed E-state index contributed by atoms with van der Waals surface area (Å²) in [4.78, 5) is 19.6. The molecule has 2 aliphatic rings. The lowest BCUT2D eigenvalue weighted by Crippen LogP contribution is -2.55. The summed E-state index contributed by atoms with van der Waals surface area (Å²) in [5.41, 5.74) is 2.05. The second-order valence-corrected chi connectivity index (χ2v) is 8.60. The summed E-state index contributed by atoms with van der Waals surface area (Å²) in [7, 11) is 0. The lowest BCUT2D eigenvalue weighted by atomic mass is 9.83. The van der Waals surface area contributed by atoms with E-state index in [1.165, 1.54) is 5.56 Å². The van der Waals surface area contributed by atoms with Crippen molar-refractivity contribution in [2.24, 2.45) is 5.41 Å². The van der Waals surface area contributed by atoms with Crippen LogP contribution in [0.2, 0.25) is 0 Å². The van der Waals surface area contributed by atoms with E-state index >= 15 is 0 Å². The molecule has 0 amide bonds. The van der Waals surface area contributed by atoms with Crippen molar-refractivity contribution in [1.82, 2.24) is 9.88 Å². The predicted molar refractivity (Wildman–Crippen MR) is 88.8 cm³/mol. The number of rotatable bonds is 1. The maximum atomic E-state index is 13.0. The minimum Gasteiger partial charge on any atom is -0.368 e. The maximum Gasteiger partial charge on any atom is 0.155 e. The van der Waals surface area contributed by atoms with Crippen LogP contribution in [-0.4, -0.2) is 33.4 Å². The third-order valence-electron chi connectivity index (χ3n) is 4.87. The van der Waals surface area contributed by atoms with Crippen LogP contribution in [0.15, 0.2) is 18.5 Å². The molecular weight excluding hydrogens is 274 g/mol. The number of hydrogen-bond donors (Lipinski definition) is 1. The molecule has 0 bridgehead atoms. The first-order chi connectivity index (χ1) is 10.1. The molecular formula is C18H27N3O. The maximum absolute atomic E-state index is 13.0. The van der Waals surface area contributed by atoms with Crippen LogP contribution in [0.1, 0.15) is 59.4 Å². The number of likely N-dealkylation sites (tertiary alicyclic amines) is 1. The molecule has 0 saturated carbocycles. The van der Waals surface area contributed by atoms with Crippen molar-refractivity contribution in [1.29, 1.82) is 0 Å². The number of Topliss-reactive ketones (excluding diaryl/α,β-unsaturated/α-hetero) is 1. The Morgan fingerprint density at radius 3 is 2.55 bits per heavy atom. The average molecular weight is 301 g/mol. The lowest BCUT2D eigenvalue weighted by molar-refractivity contribution is -0.133. The van der Waals surface area contributed by atoms with Gasteiger partial charge in [-0.05, 0) is 38.8 Å². The van der Waals surface area contributed by atoms with Crippen LogP contribution in [0, 0.1) is 5.41 Å². The first kappa shape index (κ1) is 15.5. The number of nitrogens with one attached hydrogen (secondary N) is 1. The molecule has 3 rings (SSSR count). The van der Waals surface area contributed by atoms with Gasteiger partial charge in [0.05, 0.1) is 24.1 Å². The summed E-state index contributed by atoms with van der Waals surface area (Å²) in [5, 5.41) is 3.60. The van der Waals surface area contributed by atoms with Crippen LogP contribution < -0.4 is 5.32 Å². The molecule has 1 saturated heterocycles. The molecule has 3 atom stereocenters. The van der Waals surface area contributed by atoms with Gasteiger partial charge in [-0.2, -0.15) is 0 Å². The van der Waals surface area contributed by atoms with Gasteiger partial charge in [0.15, 0.2) is 5.78 Å². The third kappa shape index (κ3) is 2.34. The summed E-state index contributed by atoms with van der Waals surface area (Å²) >= 11 is 0. The molecule has 1 fully saturated rings. The normalized spacial score (nSPS) is 28.2. The van der Waals surface area contributed by atoms with Gasteiger partial charge in [-0.1, -0.05) is 20.8 Å². The number of fused-ring (bicyclic) bond motifs is 3. The zero-order valence-corrected chi connectivity index (χ0v) is 14.5. The minimum atomic E-state index is -0.312. The first-order valence-corrected chi connectivity index (χ1v) is 8.14. The molecule has 0 spiro atoms. The van der Waals surface area contributed by atoms with Gasteiger partial charge in [0.2, 0.25) is 0 Å². The van der Waals surface area contributed by atoms with Gasteiger partial charge in [0.1, 0.15) is 0 Å². The van der Waals surface area contributed by atoms with E-state index in [9.17, 15) is 4.79 Å². The lowest BCUT2D eigenvalue weighted by Gasteiger charge is -2.42. The van der Waals surface area contributed by atoms with Crippen LogP contribution in [0.4, 0.5) is 5.69 Å². The summed E-state index contributed by atoms with van der Waals surface area (Å²) in [5.74, 6) is 0.711. The van der Waals surface area contributed by atoms with Gasteiger partial charge in [-0.15, -0.1) is 0 Å². The fourth-order valence-electron chi connectivity index (χ4n) is 3.96. The van der Waals surface area contributed by atoms with E-state index in [1.54, 1.807) is 0 Å². The summed E-state index contributed by atoms with van der Waals surface area (Å²) < 4.78 is 0. The predicted octanol–water partition coefficient (Wildman–Crippen LogP) is 3.40. The minimum absolute atomic E-state index is 0.0242. The summed E-state index contributed by atoms with van der Waals surface area (Å²) in [6, 6.07) is 2.07. The first-order valence-electron chi connectivity index (χ1n) is 8.14. The van der Waals surface area contributed by atoms with Crippen molar-refractivity contribution in [3.8, 4) is 0 Å². The number of nitrogens with zero attached hydrogens (tertiary/aromatic N) is 2. The molecule has 0 aromatic carbocycles. The highest BCUT2D eigenvalue weighted by molar-refractivity contribution is 5.89. The quantitative estimate of drug-likeness (QED) is 0.863. The number of ketones is 1. The molecule has 1 N–H and O–H groups in total. The van der Waals surface area contributed by atoms with Crippen LogP contribution >= 0.6 is 0 Å². The van der Waals surface area contributed by atoms with Gasteiger partial charge in [-0.25, -0.2) is 0 Å². The second kappa shape index (κ2) is 4.79.